The van der Waals surface area contributed by atoms with E-state index in [4.69, 9.17) is 0 Å². The van der Waals surface area contributed by atoms with E-state index in [9.17, 15) is 4.39 Å². The van der Waals surface area contributed by atoms with E-state index >= 15 is 0 Å². The smallest absolute Gasteiger partial charge is 0.130 e. The van der Waals surface area contributed by atoms with Crippen LogP contribution in [0.15, 0.2) is 18.2 Å². The van der Waals surface area contributed by atoms with Crippen molar-refractivity contribution in [3.63, 3.8) is 0 Å². The number of piperidine rings is 1. The van der Waals surface area contributed by atoms with Gasteiger partial charge < -0.3 is 5.32 Å². The Hall–Kier alpha value is -1.09. The number of nitrogens with zero attached hydrogens (tertiary/aromatic N) is 1. The first kappa shape index (κ1) is 11.0. The fourth-order valence-corrected chi connectivity index (χ4v) is 3.11. The lowest BCUT2D eigenvalue weighted by molar-refractivity contribution is 0.153. The van der Waals surface area contributed by atoms with E-state index in [1.165, 1.54) is 19.3 Å². The lowest BCUT2D eigenvalue weighted by atomic mass is 9.94. The maximum absolute atomic E-state index is 14.0. The number of nitrogens with one attached hydrogen (secondary N) is 1. The molecule has 0 radical (unpaired) electrons. The number of benzene rings is 1. The van der Waals surface area contributed by atoms with E-state index in [2.05, 4.69) is 10.2 Å². The second-order valence-electron chi connectivity index (χ2n) is 5.03. The Bertz CT molecular complexity index is 399. The maximum atomic E-state index is 14.0. The van der Waals surface area contributed by atoms with Gasteiger partial charge in [-0.2, -0.15) is 0 Å². The van der Waals surface area contributed by atoms with Gasteiger partial charge >= 0.3 is 0 Å². The van der Waals surface area contributed by atoms with Gasteiger partial charge in [0.1, 0.15) is 5.82 Å². The van der Waals surface area contributed by atoms with Gasteiger partial charge in [-0.25, -0.2) is 4.39 Å². The molecule has 3 heteroatoms. The number of halogens is 1. The normalized spacial score (nSPS) is 25.1. The molecule has 1 atom stereocenters. The molecule has 17 heavy (non-hydrogen) atoms. The van der Waals surface area contributed by atoms with Crippen molar-refractivity contribution >= 4 is 5.69 Å². The van der Waals surface area contributed by atoms with Crippen LogP contribution in [-0.4, -0.2) is 24.5 Å². The topological polar surface area (TPSA) is 15.3 Å². The first-order valence-corrected chi connectivity index (χ1v) is 6.62. The van der Waals surface area contributed by atoms with Crippen LogP contribution >= 0.6 is 0 Å². The summed E-state index contributed by atoms with van der Waals surface area (Å²) in [4.78, 5) is 2.46. The molecule has 3 rings (SSSR count). The summed E-state index contributed by atoms with van der Waals surface area (Å²) in [5.41, 5.74) is 1.88. The quantitative estimate of drug-likeness (QED) is 0.803. The molecule has 92 valence electrons. The summed E-state index contributed by atoms with van der Waals surface area (Å²) in [6.45, 7) is 3.20. The van der Waals surface area contributed by atoms with Crippen LogP contribution in [-0.2, 0) is 0 Å². The fraction of sp³-hybridized carbons (Fsp3) is 0.571. The molecule has 0 spiro atoms. The van der Waals surface area contributed by atoms with Crippen LogP contribution in [0.2, 0.25) is 0 Å². The van der Waals surface area contributed by atoms with Gasteiger partial charge in [-0.15, -0.1) is 0 Å². The molecule has 0 amide bonds. The average molecular weight is 234 g/mol. The minimum atomic E-state index is -0.0507. The van der Waals surface area contributed by atoms with Crippen molar-refractivity contribution in [2.24, 2.45) is 0 Å². The van der Waals surface area contributed by atoms with Gasteiger partial charge in [0.2, 0.25) is 0 Å². The molecular formula is C14H19FN2. The zero-order chi connectivity index (χ0) is 11.7. The largest absolute Gasteiger partial charge is 0.385 e. The summed E-state index contributed by atoms with van der Waals surface area (Å²) >= 11 is 0. The van der Waals surface area contributed by atoms with E-state index in [1.54, 1.807) is 12.1 Å². The van der Waals surface area contributed by atoms with E-state index in [0.29, 0.717) is 0 Å². The number of hydrogen-bond donors (Lipinski definition) is 1. The Morgan fingerprint density at radius 3 is 2.82 bits per heavy atom. The van der Waals surface area contributed by atoms with Gasteiger partial charge in [0, 0.05) is 23.8 Å². The van der Waals surface area contributed by atoms with Crippen molar-refractivity contribution in [1.82, 2.24) is 4.90 Å². The summed E-state index contributed by atoms with van der Waals surface area (Å²) in [5.74, 6) is -0.0507. The second kappa shape index (κ2) is 4.65. The van der Waals surface area contributed by atoms with E-state index < -0.39 is 0 Å². The van der Waals surface area contributed by atoms with Crippen LogP contribution in [0.3, 0.4) is 0 Å². The minimum absolute atomic E-state index is 0.0507. The minimum Gasteiger partial charge on any atom is -0.385 e. The fourth-order valence-electron chi connectivity index (χ4n) is 3.11. The molecule has 2 aliphatic rings. The van der Waals surface area contributed by atoms with Crippen LogP contribution in [0, 0.1) is 5.82 Å². The van der Waals surface area contributed by atoms with Crippen molar-refractivity contribution in [3.8, 4) is 0 Å². The molecule has 1 aromatic carbocycles. The molecular weight excluding hydrogens is 215 g/mol. The molecule has 0 aromatic heterocycles. The standard InChI is InChI=1S/C14H19FN2/c15-11-5-4-6-12-14(11)13(7-8-16-12)17-9-2-1-3-10-17/h4-6,13,16H,1-3,7-10H2. The molecule has 1 aromatic rings. The molecule has 2 nitrogen and oxygen atoms in total. The first-order chi connectivity index (χ1) is 8.36. The summed E-state index contributed by atoms with van der Waals surface area (Å²) in [6.07, 6.45) is 4.86. The summed E-state index contributed by atoms with van der Waals surface area (Å²) in [6, 6.07) is 5.66. The molecule has 1 unspecified atom stereocenters. The van der Waals surface area contributed by atoms with E-state index in [0.717, 1.165) is 37.3 Å². The molecule has 1 N–H and O–H groups in total. The van der Waals surface area contributed by atoms with Crippen LogP contribution in [0.5, 0.6) is 0 Å². The monoisotopic (exact) mass is 234 g/mol. The number of hydrogen-bond acceptors (Lipinski definition) is 2. The SMILES string of the molecule is Fc1cccc2c1C(N1CCCCC1)CCN2. The zero-order valence-corrected chi connectivity index (χ0v) is 10.1. The Kier molecular flexibility index (Phi) is 3.02. The van der Waals surface area contributed by atoms with Gasteiger partial charge in [0.05, 0.1) is 0 Å². The van der Waals surface area contributed by atoms with Crippen LogP contribution < -0.4 is 5.32 Å². The number of anilines is 1. The lowest BCUT2D eigenvalue weighted by Crippen LogP contribution is -2.37. The molecule has 0 saturated carbocycles. The van der Waals surface area contributed by atoms with Crippen LogP contribution in [0.4, 0.5) is 10.1 Å². The van der Waals surface area contributed by atoms with Crippen molar-refractivity contribution in [1.29, 1.82) is 0 Å². The van der Waals surface area contributed by atoms with Crippen LogP contribution in [0.25, 0.3) is 0 Å². The van der Waals surface area contributed by atoms with Gasteiger partial charge in [-0.1, -0.05) is 12.5 Å². The Balaban J connectivity index is 1.92. The maximum Gasteiger partial charge on any atom is 0.130 e. The highest BCUT2D eigenvalue weighted by Gasteiger charge is 2.29. The van der Waals surface area contributed by atoms with Gasteiger partial charge in [0.15, 0.2) is 0 Å². The second-order valence-corrected chi connectivity index (χ2v) is 5.03. The molecule has 1 saturated heterocycles. The third-order valence-corrected chi connectivity index (χ3v) is 3.95. The first-order valence-electron chi connectivity index (χ1n) is 6.62. The highest BCUT2D eigenvalue weighted by molar-refractivity contribution is 5.55. The number of fused-ring (bicyclic) bond motifs is 1. The third kappa shape index (κ3) is 2.04. The average Bonchev–Trinajstić information content (AvgIpc) is 2.39. The number of rotatable bonds is 1. The van der Waals surface area contributed by atoms with E-state index in [1.807, 2.05) is 6.07 Å². The molecule has 1 fully saturated rings. The van der Waals surface area contributed by atoms with Crippen molar-refractivity contribution in [2.45, 2.75) is 31.7 Å². The molecule has 0 bridgehead atoms. The zero-order valence-electron chi connectivity index (χ0n) is 10.1. The van der Waals surface area contributed by atoms with Crippen molar-refractivity contribution in [3.05, 3.63) is 29.6 Å². The highest BCUT2D eigenvalue weighted by Crippen LogP contribution is 2.37. The van der Waals surface area contributed by atoms with Gasteiger partial charge in [-0.05, 0) is 44.5 Å². The van der Waals surface area contributed by atoms with Gasteiger partial charge in [-0.3, -0.25) is 4.90 Å². The predicted octanol–water partition coefficient (Wildman–Crippen LogP) is 3.17. The summed E-state index contributed by atoms with van der Waals surface area (Å²) in [5, 5.41) is 3.31. The number of likely N-dealkylation sites (tertiary alicyclic amines) is 1. The molecule has 0 aliphatic carbocycles. The van der Waals surface area contributed by atoms with Crippen LogP contribution in [0.1, 0.15) is 37.3 Å². The Morgan fingerprint density at radius 1 is 1.18 bits per heavy atom. The Morgan fingerprint density at radius 2 is 2.00 bits per heavy atom. The van der Waals surface area contributed by atoms with E-state index in [-0.39, 0.29) is 11.9 Å². The lowest BCUT2D eigenvalue weighted by Gasteiger charge is -2.38. The summed E-state index contributed by atoms with van der Waals surface area (Å²) in [7, 11) is 0. The Labute approximate surface area is 102 Å². The third-order valence-electron chi connectivity index (χ3n) is 3.95. The highest BCUT2D eigenvalue weighted by atomic mass is 19.1. The molecule has 2 heterocycles. The summed E-state index contributed by atoms with van der Waals surface area (Å²) < 4.78 is 14.0. The molecule has 2 aliphatic heterocycles. The predicted molar refractivity (Wildman–Crippen MR) is 67.7 cm³/mol. The van der Waals surface area contributed by atoms with Crippen molar-refractivity contribution < 1.29 is 4.39 Å². The van der Waals surface area contributed by atoms with Gasteiger partial charge in [0.25, 0.3) is 0 Å². The van der Waals surface area contributed by atoms with Crippen molar-refractivity contribution in [2.75, 3.05) is 25.0 Å².